The van der Waals surface area contributed by atoms with Gasteiger partial charge >= 0.3 is 0 Å². The first-order chi connectivity index (χ1) is 11.7. The average molecular weight is 328 g/mol. The van der Waals surface area contributed by atoms with Crippen molar-refractivity contribution in [3.8, 4) is 0 Å². The second-order valence-corrected chi connectivity index (χ2v) is 5.97. The lowest BCUT2D eigenvalue weighted by Gasteiger charge is -2.28. The quantitative estimate of drug-likeness (QED) is 0.873. The van der Waals surface area contributed by atoms with Gasteiger partial charge < -0.3 is 19.6 Å². The number of aromatic nitrogens is 2. The first-order valence-electron chi connectivity index (χ1n) is 8.33. The van der Waals surface area contributed by atoms with Crippen LogP contribution in [0.15, 0.2) is 42.7 Å². The first kappa shape index (κ1) is 16.7. The summed E-state index contributed by atoms with van der Waals surface area (Å²) in [6.45, 7) is 3.90. The highest BCUT2D eigenvalue weighted by molar-refractivity contribution is 5.49. The minimum Gasteiger partial charge on any atom is -0.388 e. The molecular weight excluding hydrogens is 304 g/mol. The summed E-state index contributed by atoms with van der Waals surface area (Å²) in [5.41, 5.74) is 0.947. The van der Waals surface area contributed by atoms with Crippen molar-refractivity contribution in [3.63, 3.8) is 0 Å². The summed E-state index contributed by atoms with van der Waals surface area (Å²) < 4.78 is 5.38. The molecule has 1 aromatic carbocycles. The van der Waals surface area contributed by atoms with E-state index in [4.69, 9.17) is 4.74 Å². The smallest absolute Gasteiger partial charge is 0.134 e. The lowest BCUT2D eigenvalue weighted by atomic mass is 10.1. The molecule has 0 aliphatic carbocycles. The third-order valence-electron chi connectivity index (χ3n) is 4.29. The number of ether oxygens (including phenoxy) is 1. The Kier molecular flexibility index (Phi) is 5.61. The zero-order chi connectivity index (χ0) is 16.8. The third kappa shape index (κ3) is 4.21. The Labute approximate surface area is 142 Å². The van der Waals surface area contributed by atoms with Gasteiger partial charge in [-0.15, -0.1) is 0 Å². The van der Waals surface area contributed by atoms with Crippen molar-refractivity contribution < 1.29 is 9.84 Å². The first-order valence-corrected chi connectivity index (χ1v) is 8.33. The predicted octanol–water partition coefficient (Wildman–Crippen LogP) is 1.87. The summed E-state index contributed by atoms with van der Waals surface area (Å²) in [5, 5.41) is 10.3. The van der Waals surface area contributed by atoms with Gasteiger partial charge in [0, 0.05) is 32.7 Å². The van der Waals surface area contributed by atoms with E-state index in [0.717, 1.165) is 50.0 Å². The molecular formula is C18H24N4O2. The lowest BCUT2D eigenvalue weighted by Crippen LogP contribution is -2.37. The molecule has 3 rings (SSSR count). The standard InChI is InChI=1S/C18H24N4O2/c1-21(8-7-16(23)15-5-3-2-4-6-15)17-13-18(20-14-19-17)22-9-11-24-12-10-22/h2-6,13-14,16,23H,7-12H2,1H3/t16-/m0/s1. The largest absolute Gasteiger partial charge is 0.388 e. The van der Waals surface area contributed by atoms with E-state index in [1.165, 1.54) is 0 Å². The summed E-state index contributed by atoms with van der Waals surface area (Å²) >= 11 is 0. The van der Waals surface area contributed by atoms with Gasteiger partial charge in [-0.3, -0.25) is 0 Å². The normalized spacial score (nSPS) is 16.0. The Bertz CT molecular complexity index is 632. The molecule has 1 aromatic heterocycles. The van der Waals surface area contributed by atoms with Crippen LogP contribution in [-0.4, -0.2) is 55.0 Å². The zero-order valence-corrected chi connectivity index (χ0v) is 14.0. The van der Waals surface area contributed by atoms with E-state index >= 15 is 0 Å². The van der Waals surface area contributed by atoms with Crippen LogP contribution in [0.25, 0.3) is 0 Å². The number of hydrogen-bond donors (Lipinski definition) is 1. The summed E-state index contributed by atoms with van der Waals surface area (Å²) in [6.07, 6.45) is 1.79. The Morgan fingerprint density at radius 3 is 2.71 bits per heavy atom. The minimum atomic E-state index is -0.464. The van der Waals surface area contributed by atoms with Crippen molar-refractivity contribution >= 4 is 11.6 Å². The number of benzene rings is 1. The molecule has 128 valence electrons. The molecule has 0 amide bonds. The summed E-state index contributed by atoms with van der Waals surface area (Å²) in [7, 11) is 1.99. The molecule has 1 N–H and O–H groups in total. The molecule has 1 fully saturated rings. The van der Waals surface area contributed by atoms with Gasteiger partial charge in [0.25, 0.3) is 0 Å². The second-order valence-electron chi connectivity index (χ2n) is 5.97. The van der Waals surface area contributed by atoms with Gasteiger partial charge in [-0.1, -0.05) is 30.3 Å². The maximum Gasteiger partial charge on any atom is 0.134 e. The van der Waals surface area contributed by atoms with Crippen LogP contribution in [0, 0.1) is 0 Å². The van der Waals surface area contributed by atoms with Crippen LogP contribution in [-0.2, 0) is 4.74 Å². The van der Waals surface area contributed by atoms with E-state index in [9.17, 15) is 5.11 Å². The van der Waals surface area contributed by atoms with Crippen molar-refractivity contribution in [3.05, 3.63) is 48.3 Å². The minimum absolute atomic E-state index is 0.464. The molecule has 0 spiro atoms. The highest BCUT2D eigenvalue weighted by atomic mass is 16.5. The van der Waals surface area contributed by atoms with Crippen LogP contribution in [0.3, 0.4) is 0 Å². The van der Waals surface area contributed by atoms with E-state index < -0.39 is 6.10 Å². The fraction of sp³-hybridized carbons (Fsp3) is 0.444. The lowest BCUT2D eigenvalue weighted by molar-refractivity contribution is 0.122. The van der Waals surface area contributed by atoms with Gasteiger partial charge in [-0.25, -0.2) is 9.97 Å². The van der Waals surface area contributed by atoms with Crippen LogP contribution in [0.4, 0.5) is 11.6 Å². The van der Waals surface area contributed by atoms with Crippen LogP contribution in [0.1, 0.15) is 18.1 Å². The maximum atomic E-state index is 10.3. The van der Waals surface area contributed by atoms with Gasteiger partial charge in [-0.05, 0) is 12.0 Å². The summed E-state index contributed by atoms with van der Waals surface area (Å²) in [6, 6.07) is 11.7. The number of morpholine rings is 1. The Balaban J connectivity index is 1.59. The summed E-state index contributed by atoms with van der Waals surface area (Å²) in [4.78, 5) is 13.0. The second kappa shape index (κ2) is 8.08. The van der Waals surface area contributed by atoms with Gasteiger partial charge in [0.1, 0.15) is 18.0 Å². The molecule has 0 saturated carbocycles. The molecule has 0 radical (unpaired) electrons. The number of hydrogen-bond acceptors (Lipinski definition) is 6. The van der Waals surface area contributed by atoms with E-state index in [1.54, 1.807) is 6.33 Å². The number of aliphatic hydroxyl groups excluding tert-OH is 1. The van der Waals surface area contributed by atoms with E-state index in [-0.39, 0.29) is 0 Å². The zero-order valence-electron chi connectivity index (χ0n) is 14.0. The van der Waals surface area contributed by atoms with E-state index in [0.29, 0.717) is 6.42 Å². The Morgan fingerprint density at radius 2 is 1.96 bits per heavy atom. The molecule has 2 heterocycles. The molecule has 0 bridgehead atoms. The highest BCUT2D eigenvalue weighted by Crippen LogP contribution is 2.20. The molecule has 1 aliphatic rings. The van der Waals surface area contributed by atoms with Crippen LogP contribution in [0.2, 0.25) is 0 Å². The van der Waals surface area contributed by atoms with Crippen molar-refractivity contribution in [2.45, 2.75) is 12.5 Å². The van der Waals surface area contributed by atoms with E-state index in [2.05, 4.69) is 19.8 Å². The van der Waals surface area contributed by atoms with Gasteiger partial charge in [-0.2, -0.15) is 0 Å². The van der Waals surface area contributed by atoms with Crippen molar-refractivity contribution in [1.82, 2.24) is 9.97 Å². The summed E-state index contributed by atoms with van der Waals surface area (Å²) in [5.74, 6) is 1.80. The highest BCUT2D eigenvalue weighted by Gasteiger charge is 2.15. The average Bonchev–Trinajstić information content (AvgIpc) is 2.67. The third-order valence-corrected chi connectivity index (χ3v) is 4.29. The molecule has 24 heavy (non-hydrogen) atoms. The monoisotopic (exact) mass is 328 g/mol. The van der Waals surface area contributed by atoms with Crippen molar-refractivity contribution in [2.75, 3.05) is 49.7 Å². The number of rotatable bonds is 6. The fourth-order valence-corrected chi connectivity index (χ4v) is 2.78. The molecule has 0 unspecified atom stereocenters. The number of nitrogens with zero attached hydrogens (tertiary/aromatic N) is 4. The van der Waals surface area contributed by atoms with Crippen LogP contribution < -0.4 is 9.80 Å². The Morgan fingerprint density at radius 1 is 1.21 bits per heavy atom. The SMILES string of the molecule is CN(CC[C@H](O)c1ccccc1)c1cc(N2CCOCC2)ncn1. The van der Waals surface area contributed by atoms with Crippen molar-refractivity contribution in [1.29, 1.82) is 0 Å². The molecule has 1 saturated heterocycles. The van der Waals surface area contributed by atoms with Crippen molar-refractivity contribution in [2.24, 2.45) is 0 Å². The van der Waals surface area contributed by atoms with Gasteiger partial charge in [0.2, 0.25) is 0 Å². The fourth-order valence-electron chi connectivity index (χ4n) is 2.78. The Hall–Kier alpha value is -2.18. The van der Waals surface area contributed by atoms with Gasteiger partial charge in [0.05, 0.1) is 19.3 Å². The molecule has 1 atom stereocenters. The molecule has 6 heteroatoms. The number of aliphatic hydroxyl groups is 1. The topological polar surface area (TPSA) is 61.7 Å². The molecule has 2 aromatic rings. The predicted molar refractivity (Wildman–Crippen MR) is 94.4 cm³/mol. The molecule has 6 nitrogen and oxygen atoms in total. The molecule has 1 aliphatic heterocycles. The van der Waals surface area contributed by atoms with Crippen LogP contribution in [0.5, 0.6) is 0 Å². The maximum absolute atomic E-state index is 10.3. The van der Waals surface area contributed by atoms with Crippen LogP contribution >= 0.6 is 0 Å². The van der Waals surface area contributed by atoms with E-state index in [1.807, 2.05) is 43.4 Å². The number of anilines is 2. The van der Waals surface area contributed by atoms with Gasteiger partial charge in [0.15, 0.2) is 0 Å².